The fraction of sp³-hybridized carbons (Fsp3) is 0.600. The number of hydrogen-bond acceptors (Lipinski definition) is 2. The zero-order chi connectivity index (χ0) is 14.4. The van der Waals surface area contributed by atoms with E-state index in [1.807, 2.05) is 26.8 Å². The van der Waals surface area contributed by atoms with Crippen LogP contribution in [-0.4, -0.2) is 14.6 Å². The molecule has 4 heteroatoms. The zero-order valence-corrected chi connectivity index (χ0v) is 12.7. The van der Waals surface area contributed by atoms with Crippen LogP contribution >= 0.6 is 0 Å². The predicted octanol–water partition coefficient (Wildman–Crippen LogP) is 3.14. The molecule has 0 atom stereocenters. The summed E-state index contributed by atoms with van der Waals surface area (Å²) >= 11 is 0. The van der Waals surface area contributed by atoms with Crippen molar-refractivity contribution in [1.82, 2.24) is 14.6 Å². The van der Waals surface area contributed by atoms with E-state index in [-0.39, 0.29) is 16.9 Å². The van der Waals surface area contributed by atoms with Crippen molar-refractivity contribution in [3.63, 3.8) is 0 Å². The molecule has 0 aliphatic heterocycles. The smallest absolute Gasteiger partial charge is 0.274 e. The van der Waals surface area contributed by atoms with Gasteiger partial charge in [0.2, 0.25) is 0 Å². The number of H-pyrrole nitrogens is 1. The molecule has 0 saturated carbocycles. The van der Waals surface area contributed by atoms with Gasteiger partial charge in [0.15, 0.2) is 5.65 Å². The molecule has 0 saturated heterocycles. The molecule has 2 heterocycles. The van der Waals surface area contributed by atoms with Crippen LogP contribution in [0.25, 0.3) is 5.65 Å². The highest BCUT2D eigenvalue weighted by Crippen LogP contribution is 2.24. The SMILES string of the molecule is CCC(C)(C)c1nc2cc(C)c(C(C)C)c(=O)n2[nH]1. The lowest BCUT2D eigenvalue weighted by Gasteiger charge is -2.18. The zero-order valence-electron chi connectivity index (χ0n) is 12.7. The van der Waals surface area contributed by atoms with Gasteiger partial charge in [0, 0.05) is 11.0 Å². The first-order chi connectivity index (χ1) is 8.77. The van der Waals surface area contributed by atoms with E-state index < -0.39 is 0 Å². The van der Waals surface area contributed by atoms with E-state index in [4.69, 9.17) is 0 Å². The predicted molar refractivity (Wildman–Crippen MR) is 78.0 cm³/mol. The summed E-state index contributed by atoms with van der Waals surface area (Å²) in [6.45, 7) is 12.5. The standard InChI is InChI=1S/C15H23N3O/c1-7-15(5,6)14-16-11-8-10(4)12(9(2)3)13(19)18(11)17-14/h8-9H,7H2,1-6H3,(H,16,17). The number of nitrogens with one attached hydrogen (secondary N) is 1. The van der Waals surface area contributed by atoms with Crippen molar-refractivity contribution in [2.45, 2.75) is 59.3 Å². The average Bonchev–Trinajstić information content (AvgIpc) is 2.73. The van der Waals surface area contributed by atoms with Gasteiger partial charge in [-0.15, -0.1) is 0 Å². The number of aromatic nitrogens is 3. The maximum Gasteiger partial charge on any atom is 0.274 e. The van der Waals surface area contributed by atoms with Crippen LogP contribution in [0, 0.1) is 6.92 Å². The Balaban J connectivity index is 2.75. The molecule has 1 N–H and O–H groups in total. The second kappa shape index (κ2) is 4.51. The second-order valence-electron chi connectivity index (χ2n) is 6.20. The van der Waals surface area contributed by atoms with Gasteiger partial charge in [0.05, 0.1) is 0 Å². The number of fused-ring (bicyclic) bond motifs is 1. The number of nitrogens with zero attached hydrogens (tertiary/aromatic N) is 2. The number of aryl methyl sites for hydroxylation is 1. The lowest BCUT2D eigenvalue weighted by atomic mass is 9.90. The quantitative estimate of drug-likeness (QED) is 0.922. The van der Waals surface area contributed by atoms with Gasteiger partial charge in [0.25, 0.3) is 5.56 Å². The van der Waals surface area contributed by atoms with Crippen LogP contribution in [0.2, 0.25) is 0 Å². The van der Waals surface area contributed by atoms with Crippen LogP contribution in [0.3, 0.4) is 0 Å². The minimum atomic E-state index is -0.0512. The molecule has 0 aliphatic carbocycles. The van der Waals surface area contributed by atoms with Crippen molar-refractivity contribution in [1.29, 1.82) is 0 Å². The third-order valence-corrected chi connectivity index (χ3v) is 3.98. The Hall–Kier alpha value is -1.58. The Kier molecular flexibility index (Phi) is 3.29. The molecule has 0 radical (unpaired) electrons. The fourth-order valence-electron chi connectivity index (χ4n) is 2.34. The van der Waals surface area contributed by atoms with Crippen LogP contribution in [-0.2, 0) is 5.41 Å². The summed E-state index contributed by atoms with van der Waals surface area (Å²) in [4.78, 5) is 17.1. The highest BCUT2D eigenvalue weighted by Gasteiger charge is 2.23. The van der Waals surface area contributed by atoms with E-state index >= 15 is 0 Å². The van der Waals surface area contributed by atoms with Gasteiger partial charge in [-0.05, 0) is 30.9 Å². The molecule has 0 aliphatic rings. The van der Waals surface area contributed by atoms with Crippen LogP contribution < -0.4 is 5.56 Å². The highest BCUT2D eigenvalue weighted by molar-refractivity contribution is 5.44. The van der Waals surface area contributed by atoms with Crippen LogP contribution in [0.1, 0.15) is 63.9 Å². The Morgan fingerprint density at radius 2 is 2.05 bits per heavy atom. The number of aromatic amines is 1. The largest absolute Gasteiger partial charge is 0.276 e. The first-order valence-corrected chi connectivity index (χ1v) is 6.90. The van der Waals surface area contributed by atoms with Crippen molar-refractivity contribution in [2.75, 3.05) is 0 Å². The Bertz CT molecular complexity index is 662. The van der Waals surface area contributed by atoms with E-state index in [1.54, 1.807) is 4.52 Å². The maximum absolute atomic E-state index is 12.5. The molecule has 104 valence electrons. The molecule has 0 fully saturated rings. The summed E-state index contributed by atoms with van der Waals surface area (Å²) < 4.78 is 1.58. The third kappa shape index (κ3) is 2.20. The molecule has 19 heavy (non-hydrogen) atoms. The first kappa shape index (κ1) is 13.8. The minimum absolute atomic E-state index is 0.0238. The fourth-order valence-corrected chi connectivity index (χ4v) is 2.34. The highest BCUT2D eigenvalue weighted by atomic mass is 16.1. The van der Waals surface area contributed by atoms with Gasteiger partial charge in [0.1, 0.15) is 5.82 Å². The van der Waals surface area contributed by atoms with Crippen LogP contribution in [0.4, 0.5) is 0 Å². The topological polar surface area (TPSA) is 50.2 Å². The lowest BCUT2D eigenvalue weighted by molar-refractivity contribution is 0.472. The number of hydrogen-bond donors (Lipinski definition) is 1. The summed E-state index contributed by atoms with van der Waals surface area (Å²) in [5.41, 5.74) is 2.57. The van der Waals surface area contributed by atoms with Crippen molar-refractivity contribution < 1.29 is 0 Å². The molecular formula is C15H23N3O. The van der Waals surface area contributed by atoms with Gasteiger partial charge in [-0.1, -0.05) is 34.6 Å². The Morgan fingerprint density at radius 3 is 2.58 bits per heavy atom. The summed E-state index contributed by atoms with van der Waals surface area (Å²) in [5, 5.41) is 3.17. The molecule has 0 unspecified atom stereocenters. The Morgan fingerprint density at radius 1 is 1.42 bits per heavy atom. The average molecular weight is 261 g/mol. The monoisotopic (exact) mass is 261 g/mol. The summed E-state index contributed by atoms with van der Waals surface area (Å²) in [7, 11) is 0. The molecule has 2 aromatic rings. The summed E-state index contributed by atoms with van der Waals surface area (Å²) in [5.74, 6) is 1.09. The van der Waals surface area contributed by atoms with Gasteiger partial charge in [-0.25, -0.2) is 4.98 Å². The van der Waals surface area contributed by atoms with Gasteiger partial charge >= 0.3 is 0 Å². The second-order valence-corrected chi connectivity index (χ2v) is 6.20. The lowest BCUT2D eigenvalue weighted by Crippen LogP contribution is -2.22. The maximum atomic E-state index is 12.5. The number of rotatable bonds is 3. The van der Waals surface area contributed by atoms with Gasteiger partial charge in [-0.2, -0.15) is 4.52 Å². The Labute approximate surface area is 113 Å². The number of pyridine rings is 1. The molecule has 2 aromatic heterocycles. The molecular weight excluding hydrogens is 238 g/mol. The molecule has 0 spiro atoms. The van der Waals surface area contributed by atoms with Crippen LogP contribution in [0.15, 0.2) is 10.9 Å². The van der Waals surface area contributed by atoms with Gasteiger partial charge < -0.3 is 0 Å². The molecule has 2 rings (SSSR count). The normalized spacial score (nSPS) is 12.6. The molecule has 0 aromatic carbocycles. The molecule has 0 amide bonds. The minimum Gasteiger partial charge on any atom is -0.276 e. The summed E-state index contributed by atoms with van der Waals surface area (Å²) in [6, 6.07) is 1.99. The van der Waals surface area contributed by atoms with Crippen LogP contribution in [0.5, 0.6) is 0 Å². The van der Waals surface area contributed by atoms with E-state index in [1.165, 1.54) is 0 Å². The van der Waals surface area contributed by atoms with E-state index in [0.29, 0.717) is 5.65 Å². The van der Waals surface area contributed by atoms with Crippen molar-refractivity contribution >= 4 is 5.65 Å². The van der Waals surface area contributed by atoms with Gasteiger partial charge in [-0.3, -0.25) is 9.89 Å². The van der Waals surface area contributed by atoms with Crippen molar-refractivity contribution in [2.24, 2.45) is 0 Å². The first-order valence-electron chi connectivity index (χ1n) is 6.90. The van der Waals surface area contributed by atoms with E-state index in [2.05, 4.69) is 30.9 Å². The van der Waals surface area contributed by atoms with E-state index in [0.717, 1.165) is 23.4 Å². The van der Waals surface area contributed by atoms with Crippen molar-refractivity contribution in [3.8, 4) is 0 Å². The molecule has 4 nitrogen and oxygen atoms in total. The summed E-state index contributed by atoms with van der Waals surface area (Å²) in [6.07, 6.45) is 0.970. The van der Waals surface area contributed by atoms with E-state index in [9.17, 15) is 4.79 Å². The third-order valence-electron chi connectivity index (χ3n) is 3.98. The van der Waals surface area contributed by atoms with Crippen molar-refractivity contribution in [3.05, 3.63) is 33.4 Å². The molecule has 0 bridgehead atoms.